The molecule has 1 atom stereocenters. The van der Waals surface area contributed by atoms with E-state index in [9.17, 15) is 14.4 Å². The van der Waals surface area contributed by atoms with E-state index in [1.54, 1.807) is 0 Å². The molecule has 25 heavy (non-hydrogen) atoms. The van der Waals surface area contributed by atoms with E-state index in [2.05, 4.69) is 11.4 Å². The fourth-order valence-corrected chi connectivity index (χ4v) is 3.05. The van der Waals surface area contributed by atoms with Gasteiger partial charge in [0.15, 0.2) is 6.61 Å². The number of benzene rings is 2. The number of aldehydes is 1. The molecule has 0 spiro atoms. The van der Waals surface area contributed by atoms with Crippen molar-refractivity contribution in [3.05, 3.63) is 70.8 Å². The van der Waals surface area contributed by atoms with E-state index < -0.39 is 5.97 Å². The molecule has 2 aromatic rings. The first-order valence-corrected chi connectivity index (χ1v) is 8.27. The molecule has 5 heteroatoms. The molecular formula is C20H19NO4. The molecule has 1 aliphatic rings. The van der Waals surface area contributed by atoms with Crippen LogP contribution in [-0.2, 0) is 16.0 Å². The highest BCUT2D eigenvalue weighted by molar-refractivity contribution is 5.92. The van der Waals surface area contributed by atoms with Crippen molar-refractivity contribution in [2.75, 3.05) is 6.61 Å². The first kappa shape index (κ1) is 16.9. The van der Waals surface area contributed by atoms with E-state index in [0.717, 1.165) is 24.8 Å². The van der Waals surface area contributed by atoms with Crippen molar-refractivity contribution < 1.29 is 19.1 Å². The van der Waals surface area contributed by atoms with Crippen LogP contribution < -0.4 is 5.32 Å². The number of hydrogen-bond donors (Lipinski definition) is 1. The fraction of sp³-hybridized carbons (Fsp3) is 0.250. The van der Waals surface area contributed by atoms with Crippen molar-refractivity contribution in [2.24, 2.45) is 0 Å². The lowest BCUT2D eigenvalue weighted by Gasteiger charge is -2.26. The first-order valence-electron chi connectivity index (χ1n) is 8.27. The number of carbonyl (C=O) groups excluding carboxylic acids is 3. The maximum absolute atomic E-state index is 12.1. The van der Waals surface area contributed by atoms with E-state index in [-0.39, 0.29) is 18.6 Å². The molecule has 0 saturated heterocycles. The Kier molecular flexibility index (Phi) is 5.23. The summed E-state index contributed by atoms with van der Waals surface area (Å²) in [6, 6.07) is 14.1. The van der Waals surface area contributed by atoms with Crippen LogP contribution in [0.5, 0.6) is 0 Å². The summed E-state index contributed by atoms with van der Waals surface area (Å²) in [5.41, 5.74) is 3.18. The highest BCUT2D eigenvalue weighted by Crippen LogP contribution is 2.29. The highest BCUT2D eigenvalue weighted by Gasteiger charge is 2.21. The second-order valence-corrected chi connectivity index (χ2v) is 6.03. The van der Waals surface area contributed by atoms with Crippen molar-refractivity contribution in [2.45, 2.75) is 25.3 Å². The maximum atomic E-state index is 12.1. The Balaban J connectivity index is 1.54. The molecule has 1 amide bonds. The van der Waals surface area contributed by atoms with Crippen molar-refractivity contribution in [1.29, 1.82) is 0 Å². The normalized spacial score (nSPS) is 15.8. The van der Waals surface area contributed by atoms with Crippen LogP contribution in [0.15, 0.2) is 48.5 Å². The Morgan fingerprint density at radius 2 is 1.88 bits per heavy atom. The molecule has 128 valence electrons. The van der Waals surface area contributed by atoms with E-state index in [4.69, 9.17) is 4.74 Å². The predicted molar refractivity (Wildman–Crippen MR) is 92.4 cm³/mol. The summed E-state index contributed by atoms with van der Waals surface area (Å²) >= 11 is 0. The molecule has 0 unspecified atom stereocenters. The monoisotopic (exact) mass is 337 g/mol. The van der Waals surface area contributed by atoms with Crippen LogP contribution in [0.4, 0.5) is 0 Å². The maximum Gasteiger partial charge on any atom is 0.338 e. The van der Waals surface area contributed by atoms with Gasteiger partial charge >= 0.3 is 5.97 Å². The average Bonchev–Trinajstić information content (AvgIpc) is 2.66. The molecule has 3 rings (SSSR count). The Labute approximate surface area is 146 Å². The van der Waals surface area contributed by atoms with Gasteiger partial charge in [-0.2, -0.15) is 0 Å². The predicted octanol–water partition coefficient (Wildman–Crippen LogP) is 2.85. The molecule has 0 fully saturated rings. The molecule has 0 aliphatic heterocycles. The average molecular weight is 337 g/mol. The molecule has 2 aromatic carbocycles. The van der Waals surface area contributed by atoms with Crippen molar-refractivity contribution in [3.63, 3.8) is 0 Å². The van der Waals surface area contributed by atoms with Gasteiger partial charge in [0.2, 0.25) is 0 Å². The molecular weight excluding hydrogens is 318 g/mol. The van der Waals surface area contributed by atoms with Crippen molar-refractivity contribution in [1.82, 2.24) is 5.32 Å². The Hall–Kier alpha value is -2.95. The Bertz CT molecular complexity index is 783. The van der Waals surface area contributed by atoms with E-state index in [1.807, 2.05) is 18.2 Å². The van der Waals surface area contributed by atoms with Gasteiger partial charge in [-0.25, -0.2) is 4.79 Å². The lowest BCUT2D eigenvalue weighted by Crippen LogP contribution is -2.34. The molecule has 0 aromatic heterocycles. The summed E-state index contributed by atoms with van der Waals surface area (Å²) in [7, 11) is 0. The van der Waals surface area contributed by atoms with Crippen LogP contribution >= 0.6 is 0 Å². The molecule has 5 nitrogen and oxygen atoms in total. The largest absolute Gasteiger partial charge is 0.452 e. The summed E-state index contributed by atoms with van der Waals surface area (Å²) in [6.45, 7) is -0.326. The Morgan fingerprint density at radius 1 is 1.12 bits per heavy atom. The molecule has 1 aliphatic carbocycles. The zero-order valence-corrected chi connectivity index (χ0v) is 13.7. The number of hydrogen-bond acceptors (Lipinski definition) is 4. The summed E-state index contributed by atoms with van der Waals surface area (Å²) in [4.78, 5) is 34.7. The van der Waals surface area contributed by atoms with Gasteiger partial charge < -0.3 is 10.1 Å². The number of esters is 1. The summed E-state index contributed by atoms with van der Waals surface area (Å²) in [6.07, 6.45) is 3.62. The number of carbonyl (C=O) groups is 3. The quantitative estimate of drug-likeness (QED) is 0.673. The lowest BCUT2D eigenvalue weighted by atomic mass is 9.88. The smallest absolute Gasteiger partial charge is 0.338 e. The van der Waals surface area contributed by atoms with Crippen LogP contribution in [0, 0.1) is 0 Å². The van der Waals surface area contributed by atoms with Gasteiger partial charge in [-0.3, -0.25) is 9.59 Å². The van der Waals surface area contributed by atoms with Gasteiger partial charge in [0.25, 0.3) is 5.91 Å². The molecule has 1 N–H and O–H groups in total. The van der Waals surface area contributed by atoms with Gasteiger partial charge in [0.1, 0.15) is 6.29 Å². The van der Waals surface area contributed by atoms with Gasteiger partial charge in [-0.1, -0.05) is 36.4 Å². The zero-order chi connectivity index (χ0) is 17.6. The molecule has 0 heterocycles. The number of fused-ring (bicyclic) bond motifs is 1. The van der Waals surface area contributed by atoms with E-state index in [0.29, 0.717) is 17.4 Å². The van der Waals surface area contributed by atoms with Crippen LogP contribution in [0.2, 0.25) is 0 Å². The van der Waals surface area contributed by atoms with E-state index in [1.165, 1.54) is 29.8 Å². The number of nitrogens with one attached hydrogen (secondary N) is 1. The van der Waals surface area contributed by atoms with Crippen molar-refractivity contribution >= 4 is 18.2 Å². The van der Waals surface area contributed by atoms with Crippen molar-refractivity contribution in [3.8, 4) is 0 Å². The lowest BCUT2D eigenvalue weighted by molar-refractivity contribution is -0.125. The molecule has 0 bridgehead atoms. The summed E-state index contributed by atoms with van der Waals surface area (Å²) in [5, 5.41) is 2.94. The zero-order valence-electron chi connectivity index (χ0n) is 13.7. The molecule has 0 radical (unpaired) electrons. The summed E-state index contributed by atoms with van der Waals surface area (Å²) < 4.78 is 5.05. The van der Waals surface area contributed by atoms with Gasteiger partial charge in [-0.15, -0.1) is 0 Å². The summed E-state index contributed by atoms with van der Waals surface area (Å²) in [5.74, 6) is -0.906. The topological polar surface area (TPSA) is 72.5 Å². The van der Waals surface area contributed by atoms with E-state index >= 15 is 0 Å². The minimum absolute atomic E-state index is 0.0389. The van der Waals surface area contributed by atoms with Gasteiger partial charge in [0, 0.05) is 5.56 Å². The van der Waals surface area contributed by atoms with Crippen LogP contribution in [-0.4, -0.2) is 24.8 Å². The second kappa shape index (κ2) is 7.75. The number of aryl methyl sites for hydroxylation is 1. The van der Waals surface area contributed by atoms with Crippen LogP contribution in [0.3, 0.4) is 0 Å². The molecule has 0 saturated carbocycles. The number of ether oxygens (including phenoxy) is 1. The number of rotatable bonds is 5. The highest BCUT2D eigenvalue weighted by atomic mass is 16.5. The van der Waals surface area contributed by atoms with Gasteiger partial charge in [0.05, 0.1) is 11.6 Å². The minimum Gasteiger partial charge on any atom is -0.452 e. The third kappa shape index (κ3) is 4.12. The third-order valence-corrected chi connectivity index (χ3v) is 4.32. The second-order valence-electron chi connectivity index (χ2n) is 6.03. The fourth-order valence-electron chi connectivity index (χ4n) is 3.05. The third-order valence-electron chi connectivity index (χ3n) is 4.32. The number of amides is 1. The van der Waals surface area contributed by atoms with Crippen LogP contribution in [0.1, 0.15) is 50.7 Å². The standard InChI is InChI=1S/C20H19NO4/c22-12-14-8-10-16(11-9-14)20(24)25-13-19(23)21-18-7-3-5-15-4-1-2-6-17(15)18/h1-2,4,6,8-12,18H,3,5,7,13H2,(H,21,23)/t18-/m0/s1. The SMILES string of the molecule is O=Cc1ccc(C(=O)OCC(=O)N[C@H]2CCCc3ccccc32)cc1. The minimum atomic E-state index is -0.586. The van der Waals surface area contributed by atoms with Gasteiger partial charge in [-0.05, 0) is 42.5 Å². The Morgan fingerprint density at radius 3 is 2.64 bits per heavy atom. The first-order chi connectivity index (χ1) is 12.2. The van der Waals surface area contributed by atoms with Crippen LogP contribution in [0.25, 0.3) is 0 Å².